The molecule has 28 heavy (non-hydrogen) atoms. The highest BCUT2D eigenvalue weighted by Crippen LogP contribution is 2.44. The Morgan fingerprint density at radius 1 is 1.32 bits per heavy atom. The third-order valence-electron chi connectivity index (χ3n) is 6.96. The van der Waals surface area contributed by atoms with Crippen LogP contribution in [0, 0.1) is 11.3 Å². The fraction of sp³-hybridized carbons (Fsp3) is 0.800. The molecule has 3 saturated heterocycles. The molecule has 1 amide bonds. The molecule has 4 heterocycles. The van der Waals surface area contributed by atoms with Gasteiger partial charge in [0.2, 0.25) is 0 Å². The van der Waals surface area contributed by atoms with Crippen molar-refractivity contribution in [1.82, 2.24) is 24.3 Å². The molecule has 156 valence electrons. The van der Waals surface area contributed by atoms with Gasteiger partial charge in [-0.3, -0.25) is 9.80 Å². The molecule has 8 heteroatoms. The van der Waals surface area contributed by atoms with Gasteiger partial charge in [0.25, 0.3) is 0 Å². The van der Waals surface area contributed by atoms with Crippen LogP contribution in [-0.4, -0.2) is 94.0 Å². The van der Waals surface area contributed by atoms with E-state index in [9.17, 15) is 9.90 Å². The van der Waals surface area contributed by atoms with Gasteiger partial charge in [-0.1, -0.05) is 0 Å². The quantitative estimate of drug-likeness (QED) is 0.799. The summed E-state index contributed by atoms with van der Waals surface area (Å²) in [5.41, 5.74) is -0.0244. The molecule has 1 aromatic rings. The summed E-state index contributed by atoms with van der Waals surface area (Å²) < 4.78 is 7.20. The number of fused-ring (bicyclic) bond motifs is 1. The van der Waals surface area contributed by atoms with Crippen LogP contribution in [0.5, 0.6) is 0 Å². The van der Waals surface area contributed by atoms with Crippen LogP contribution in [0.25, 0.3) is 0 Å². The van der Waals surface area contributed by atoms with E-state index in [0.29, 0.717) is 18.6 Å². The number of hydrogen-bond donors (Lipinski definition) is 1. The predicted molar refractivity (Wildman–Crippen MR) is 105 cm³/mol. The van der Waals surface area contributed by atoms with Crippen LogP contribution in [-0.2, 0) is 18.3 Å². The Balaban J connectivity index is 1.32. The Morgan fingerprint density at radius 3 is 2.71 bits per heavy atom. The standard InChI is InChI=1S/C20H33N5O3/c1-3-28-19(27)24-7-4-17(5-8-24)25-11-16-10-23(13-20(16,14-25)15-26)12-18-21-6-9-22(18)2/h6,9,16-17,26H,3-5,7-8,10-15H2,1-2H3. The van der Waals surface area contributed by atoms with Gasteiger partial charge in [-0.25, -0.2) is 9.78 Å². The number of ether oxygens (including phenoxy) is 1. The van der Waals surface area contributed by atoms with Gasteiger partial charge in [-0.05, 0) is 25.7 Å². The highest BCUT2D eigenvalue weighted by Gasteiger charge is 2.53. The van der Waals surface area contributed by atoms with E-state index in [2.05, 4.69) is 19.4 Å². The molecule has 8 nitrogen and oxygen atoms in total. The van der Waals surface area contributed by atoms with Crippen molar-refractivity contribution in [2.45, 2.75) is 32.4 Å². The fourth-order valence-corrected chi connectivity index (χ4v) is 5.33. The summed E-state index contributed by atoms with van der Waals surface area (Å²) in [4.78, 5) is 23.2. The monoisotopic (exact) mass is 391 g/mol. The zero-order chi connectivity index (χ0) is 19.7. The maximum absolute atomic E-state index is 11.9. The van der Waals surface area contributed by atoms with Crippen LogP contribution in [0.4, 0.5) is 4.79 Å². The lowest BCUT2D eigenvalue weighted by Gasteiger charge is -2.37. The van der Waals surface area contributed by atoms with E-state index in [1.165, 1.54) is 0 Å². The van der Waals surface area contributed by atoms with E-state index >= 15 is 0 Å². The van der Waals surface area contributed by atoms with Gasteiger partial charge < -0.3 is 19.3 Å². The highest BCUT2D eigenvalue weighted by molar-refractivity contribution is 5.67. The van der Waals surface area contributed by atoms with Crippen LogP contribution in [0.1, 0.15) is 25.6 Å². The number of carbonyl (C=O) groups excluding carboxylic acids is 1. The second kappa shape index (κ2) is 8.00. The number of hydrogen-bond acceptors (Lipinski definition) is 6. The molecule has 0 bridgehead atoms. The van der Waals surface area contributed by atoms with Gasteiger partial charge in [0.05, 0.1) is 19.8 Å². The summed E-state index contributed by atoms with van der Waals surface area (Å²) in [6.45, 7) is 8.85. The molecular formula is C20H33N5O3. The fourth-order valence-electron chi connectivity index (χ4n) is 5.33. The molecule has 0 spiro atoms. The maximum atomic E-state index is 11.9. The Kier molecular flexibility index (Phi) is 5.62. The number of amides is 1. The molecule has 1 N–H and O–H groups in total. The van der Waals surface area contributed by atoms with Crippen molar-refractivity contribution >= 4 is 6.09 Å². The summed E-state index contributed by atoms with van der Waals surface area (Å²) in [6.07, 6.45) is 5.63. The smallest absolute Gasteiger partial charge is 0.409 e. The molecule has 0 saturated carbocycles. The van der Waals surface area contributed by atoms with E-state index in [0.717, 1.165) is 64.5 Å². The third-order valence-corrected chi connectivity index (χ3v) is 6.96. The minimum Gasteiger partial charge on any atom is -0.450 e. The van der Waals surface area contributed by atoms with Crippen molar-refractivity contribution < 1.29 is 14.6 Å². The lowest BCUT2D eigenvalue weighted by atomic mass is 9.82. The van der Waals surface area contributed by atoms with E-state index in [4.69, 9.17) is 4.74 Å². The van der Waals surface area contributed by atoms with Crippen LogP contribution in [0.3, 0.4) is 0 Å². The van der Waals surface area contributed by atoms with Gasteiger partial charge in [-0.15, -0.1) is 0 Å². The predicted octanol–water partition coefficient (Wildman–Crippen LogP) is 0.767. The van der Waals surface area contributed by atoms with Crippen molar-refractivity contribution in [3.63, 3.8) is 0 Å². The van der Waals surface area contributed by atoms with Gasteiger partial charge >= 0.3 is 6.09 Å². The Hall–Kier alpha value is -1.64. The minimum absolute atomic E-state index is 0.0244. The number of rotatable bonds is 5. The number of aromatic nitrogens is 2. The average molecular weight is 392 g/mol. The van der Waals surface area contributed by atoms with Crippen LogP contribution < -0.4 is 0 Å². The summed E-state index contributed by atoms with van der Waals surface area (Å²) in [6, 6.07) is 0.502. The average Bonchev–Trinajstić information content (AvgIpc) is 3.35. The molecular weight excluding hydrogens is 358 g/mol. The number of piperidine rings is 1. The third kappa shape index (κ3) is 3.65. The highest BCUT2D eigenvalue weighted by atomic mass is 16.6. The zero-order valence-corrected chi connectivity index (χ0v) is 17.1. The van der Waals surface area contributed by atoms with Crippen molar-refractivity contribution in [2.75, 3.05) is 52.5 Å². The molecule has 0 radical (unpaired) electrons. The number of aliphatic hydroxyl groups is 1. The second-order valence-electron chi connectivity index (χ2n) is 8.69. The first-order valence-electron chi connectivity index (χ1n) is 10.5. The molecule has 0 aromatic carbocycles. The topological polar surface area (TPSA) is 74.1 Å². The first-order chi connectivity index (χ1) is 13.5. The molecule has 4 rings (SSSR count). The first-order valence-corrected chi connectivity index (χ1v) is 10.5. The van der Waals surface area contributed by atoms with E-state index < -0.39 is 0 Å². The zero-order valence-electron chi connectivity index (χ0n) is 17.1. The van der Waals surface area contributed by atoms with Crippen molar-refractivity contribution in [3.8, 4) is 0 Å². The molecule has 3 aliphatic rings. The van der Waals surface area contributed by atoms with Gasteiger partial charge in [0.1, 0.15) is 5.82 Å². The van der Waals surface area contributed by atoms with E-state index in [-0.39, 0.29) is 18.1 Å². The van der Waals surface area contributed by atoms with Crippen molar-refractivity contribution in [2.24, 2.45) is 18.4 Å². The Bertz CT molecular complexity index is 687. The number of likely N-dealkylation sites (tertiary alicyclic amines) is 3. The largest absolute Gasteiger partial charge is 0.450 e. The maximum Gasteiger partial charge on any atom is 0.409 e. The molecule has 0 aliphatic carbocycles. The van der Waals surface area contributed by atoms with Gasteiger partial charge in [0.15, 0.2) is 0 Å². The van der Waals surface area contributed by atoms with E-state index in [1.807, 2.05) is 31.3 Å². The normalized spacial score (nSPS) is 29.4. The van der Waals surface area contributed by atoms with Crippen LogP contribution in [0.2, 0.25) is 0 Å². The summed E-state index contributed by atoms with van der Waals surface area (Å²) in [7, 11) is 2.03. The molecule has 1 aromatic heterocycles. The van der Waals surface area contributed by atoms with Gasteiger partial charge in [0, 0.05) is 70.2 Å². The van der Waals surface area contributed by atoms with Crippen molar-refractivity contribution in [1.29, 1.82) is 0 Å². The number of aryl methyl sites for hydroxylation is 1. The number of carbonyl (C=O) groups is 1. The lowest BCUT2D eigenvalue weighted by molar-refractivity contribution is 0.0680. The summed E-state index contributed by atoms with van der Waals surface area (Å²) in [5, 5.41) is 10.3. The van der Waals surface area contributed by atoms with E-state index in [1.54, 1.807) is 0 Å². The molecule has 2 unspecified atom stereocenters. The summed E-state index contributed by atoms with van der Waals surface area (Å²) >= 11 is 0. The molecule has 3 aliphatic heterocycles. The number of aliphatic hydroxyl groups excluding tert-OH is 1. The summed E-state index contributed by atoms with van der Waals surface area (Å²) in [5.74, 6) is 1.58. The molecule has 3 fully saturated rings. The lowest BCUT2D eigenvalue weighted by Crippen LogP contribution is -2.47. The van der Waals surface area contributed by atoms with Gasteiger partial charge in [-0.2, -0.15) is 0 Å². The number of nitrogens with zero attached hydrogens (tertiary/aromatic N) is 5. The Morgan fingerprint density at radius 2 is 2.11 bits per heavy atom. The van der Waals surface area contributed by atoms with Crippen molar-refractivity contribution in [3.05, 3.63) is 18.2 Å². The Labute approximate surface area is 167 Å². The minimum atomic E-state index is -0.184. The first kappa shape index (κ1) is 19.7. The van der Waals surface area contributed by atoms with Crippen LogP contribution >= 0.6 is 0 Å². The SMILES string of the molecule is CCOC(=O)N1CCC(N2CC3CN(Cc4nccn4C)CC3(CO)C2)CC1. The second-order valence-corrected chi connectivity index (χ2v) is 8.69. The number of imidazole rings is 1. The van der Waals surface area contributed by atoms with Crippen LogP contribution in [0.15, 0.2) is 12.4 Å². The molecule has 2 atom stereocenters.